The summed E-state index contributed by atoms with van der Waals surface area (Å²) in [5.74, 6) is -0.535. The lowest BCUT2D eigenvalue weighted by atomic mass is 9.97. The fourth-order valence-electron chi connectivity index (χ4n) is 1.39. The summed E-state index contributed by atoms with van der Waals surface area (Å²) in [5.41, 5.74) is 12.9. The Morgan fingerprint density at radius 2 is 2.44 bits per heavy atom. The second-order valence-electron chi connectivity index (χ2n) is 3.81. The number of hydrogen-bond donors (Lipinski definition) is 2. The van der Waals surface area contributed by atoms with Gasteiger partial charge in [-0.15, -0.1) is 0 Å². The minimum atomic E-state index is -1.08. The molecule has 1 atom stereocenters. The third-order valence-electron chi connectivity index (χ3n) is 2.54. The zero-order valence-electron chi connectivity index (χ0n) is 10.1. The van der Waals surface area contributed by atoms with Gasteiger partial charge < -0.3 is 5.73 Å². The first kappa shape index (κ1) is 13.9. The van der Waals surface area contributed by atoms with Gasteiger partial charge in [0.15, 0.2) is 0 Å². The quantitative estimate of drug-likeness (QED) is 0.314. The maximum atomic E-state index is 11.6. The summed E-state index contributed by atoms with van der Waals surface area (Å²) in [6, 6.07) is 0. The largest absolute Gasteiger partial charge is 0.368 e. The number of carbonyl (C=O) groups excluding carboxylic acids is 1. The molecule has 96 valence electrons. The number of carbonyl (C=O) groups is 1. The van der Waals surface area contributed by atoms with E-state index >= 15 is 0 Å². The summed E-state index contributed by atoms with van der Waals surface area (Å²) in [6.45, 7) is 2.49. The van der Waals surface area contributed by atoms with E-state index in [1.807, 2.05) is 0 Å². The Morgan fingerprint density at radius 1 is 1.67 bits per heavy atom. The molecule has 0 aromatic carbocycles. The van der Waals surface area contributed by atoms with Gasteiger partial charge in [-0.05, 0) is 25.4 Å². The predicted octanol–water partition coefficient (Wildman–Crippen LogP) is 0.467. The first-order valence-corrected chi connectivity index (χ1v) is 5.43. The summed E-state index contributed by atoms with van der Waals surface area (Å²) in [7, 11) is 0. The number of primary amides is 1. The first-order valence-electron chi connectivity index (χ1n) is 5.43. The molecule has 0 fully saturated rings. The fraction of sp³-hybridized carbons (Fsp3) is 0.500. The maximum absolute atomic E-state index is 11.6. The van der Waals surface area contributed by atoms with Gasteiger partial charge in [-0.2, -0.15) is 0 Å². The molecule has 0 aliphatic heterocycles. The van der Waals surface area contributed by atoms with Crippen LogP contribution < -0.4 is 11.1 Å². The van der Waals surface area contributed by atoms with Crippen LogP contribution in [0.25, 0.3) is 10.4 Å². The zero-order chi connectivity index (χ0) is 13.4. The minimum absolute atomic E-state index is 0.360. The highest BCUT2D eigenvalue weighted by atomic mass is 16.1. The van der Waals surface area contributed by atoms with E-state index in [2.05, 4.69) is 25.3 Å². The molecule has 3 N–H and O–H groups in total. The summed E-state index contributed by atoms with van der Waals surface area (Å²) < 4.78 is 0. The second kappa shape index (κ2) is 6.53. The average molecular weight is 249 g/mol. The molecule has 8 heteroatoms. The smallest absolute Gasteiger partial charge is 0.243 e. The molecule has 8 nitrogen and oxygen atoms in total. The van der Waals surface area contributed by atoms with E-state index < -0.39 is 11.4 Å². The molecule has 0 bridgehead atoms. The Kier molecular flexibility index (Phi) is 5.04. The van der Waals surface area contributed by atoms with Crippen LogP contribution in [0.4, 0.5) is 0 Å². The van der Waals surface area contributed by atoms with Crippen LogP contribution in [0, 0.1) is 0 Å². The highest BCUT2D eigenvalue weighted by molar-refractivity contribution is 5.85. The van der Waals surface area contributed by atoms with Crippen molar-refractivity contribution in [2.24, 2.45) is 10.8 Å². The number of nitrogens with zero attached hydrogens (tertiary/aromatic N) is 5. The van der Waals surface area contributed by atoms with E-state index in [0.29, 0.717) is 25.2 Å². The van der Waals surface area contributed by atoms with E-state index in [1.54, 1.807) is 6.92 Å². The minimum Gasteiger partial charge on any atom is -0.368 e. The van der Waals surface area contributed by atoms with E-state index in [-0.39, 0.29) is 0 Å². The first-order chi connectivity index (χ1) is 8.61. The van der Waals surface area contributed by atoms with Crippen LogP contribution in [-0.2, 0) is 10.3 Å². The number of nitrogens with one attached hydrogen (secondary N) is 1. The molecule has 1 rings (SSSR count). The van der Waals surface area contributed by atoms with Gasteiger partial charge in [-0.1, -0.05) is 5.11 Å². The van der Waals surface area contributed by atoms with Crippen molar-refractivity contribution in [1.82, 2.24) is 15.3 Å². The molecule has 1 unspecified atom stereocenters. The van der Waals surface area contributed by atoms with Crippen LogP contribution in [0.5, 0.6) is 0 Å². The number of aromatic nitrogens is 2. The molecule has 0 saturated heterocycles. The van der Waals surface area contributed by atoms with Crippen LogP contribution >= 0.6 is 0 Å². The van der Waals surface area contributed by atoms with E-state index in [1.165, 1.54) is 18.6 Å². The monoisotopic (exact) mass is 249 g/mol. The second-order valence-corrected chi connectivity index (χ2v) is 3.81. The van der Waals surface area contributed by atoms with Crippen molar-refractivity contribution in [3.05, 3.63) is 34.7 Å². The molecule has 1 aromatic rings. The molecule has 0 radical (unpaired) electrons. The van der Waals surface area contributed by atoms with Crippen molar-refractivity contribution in [2.45, 2.75) is 18.9 Å². The third kappa shape index (κ3) is 3.41. The molecule has 1 aromatic heterocycles. The van der Waals surface area contributed by atoms with Gasteiger partial charge in [0.25, 0.3) is 0 Å². The summed E-state index contributed by atoms with van der Waals surface area (Å²) in [4.78, 5) is 22.2. The lowest BCUT2D eigenvalue weighted by Gasteiger charge is -2.26. The van der Waals surface area contributed by atoms with Crippen molar-refractivity contribution in [3.63, 3.8) is 0 Å². The van der Waals surface area contributed by atoms with Gasteiger partial charge in [-0.25, -0.2) is 0 Å². The Bertz CT molecular complexity index is 443. The Morgan fingerprint density at radius 3 is 3.00 bits per heavy atom. The Labute approximate surface area is 104 Å². The maximum Gasteiger partial charge on any atom is 0.243 e. The highest BCUT2D eigenvalue weighted by Gasteiger charge is 2.34. The molecule has 18 heavy (non-hydrogen) atoms. The van der Waals surface area contributed by atoms with Crippen molar-refractivity contribution < 1.29 is 4.79 Å². The van der Waals surface area contributed by atoms with Gasteiger partial charge in [0, 0.05) is 23.9 Å². The zero-order valence-corrected chi connectivity index (χ0v) is 10.1. The highest BCUT2D eigenvalue weighted by Crippen LogP contribution is 2.16. The van der Waals surface area contributed by atoms with Crippen LogP contribution in [-0.4, -0.2) is 29.0 Å². The number of azide groups is 1. The lowest BCUT2D eigenvalue weighted by molar-refractivity contribution is -0.124. The number of amides is 1. The number of nitrogens with two attached hydrogens (primary N) is 1. The number of rotatable bonds is 7. The van der Waals surface area contributed by atoms with Crippen LogP contribution in [0.2, 0.25) is 0 Å². The molecule has 1 amide bonds. The molecule has 0 aliphatic rings. The van der Waals surface area contributed by atoms with Crippen molar-refractivity contribution in [3.8, 4) is 0 Å². The van der Waals surface area contributed by atoms with Gasteiger partial charge in [0.1, 0.15) is 5.54 Å². The molecule has 0 spiro atoms. The van der Waals surface area contributed by atoms with Gasteiger partial charge >= 0.3 is 0 Å². The Balaban J connectivity index is 2.70. The van der Waals surface area contributed by atoms with Crippen LogP contribution in [0.3, 0.4) is 0 Å². The average Bonchev–Trinajstić information content (AvgIpc) is 2.39. The third-order valence-corrected chi connectivity index (χ3v) is 2.54. The van der Waals surface area contributed by atoms with Crippen molar-refractivity contribution in [1.29, 1.82) is 0 Å². The van der Waals surface area contributed by atoms with Crippen LogP contribution in [0.15, 0.2) is 23.7 Å². The SMILES string of the molecule is CC(NCCCN=[N+]=[N-])(C(N)=O)c1cnccn1. The van der Waals surface area contributed by atoms with Gasteiger partial charge in [-0.3, -0.25) is 20.1 Å². The number of hydrogen-bond acceptors (Lipinski definition) is 5. The summed E-state index contributed by atoms with van der Waals surface area (Å²) in [5, 5.41) is 6.42. The molecule has 0 saturated carbocycles. The molecular formula is C10H15N7O. The molecular weight excluding hydrogens is 234 g/mol. The summed E-state index contributed by atoms with van der Waals surface area (Å²) in [6.07, 6.45) is 5.11. The lowest BCUT2D eigenvalue weighted by Crippen LogP contribution is -2.51. The van der Waals surface area contributed by atoms with E-state index in [4.69, 9.17) is 11.3 Å². The van der Waals surface area contributed by atoms with E-state index in [0.717, 1.165) is 0 Å². The Hall–Kier alpha value is -2.18. The normalized spacial score (nSPS) is 13.4. The van der Waals surface area contributed by atoms with Crippen molar-refractivity contribution >= 4 is 5.91 Å². The van der Waals surface area contributed by atoms with E-state index in [9.17, 15) is 4.79 Å². The fourth-order valence-corrected chi connectivity index (χ4v) is 1.39. The van der Waals surface area contributed by atoms with Gasteiger partial charge in [0.05, 0.1) is 11.9 Å². The van der Waals surface area contributed by atoms with Gasteiger partial charge in [0.2, 0.25) is 5.91 Å². The molecule has 1 heterocycles. The topological polar surface area (TPSA) is 130 Å². The summed E-state index contributed by atoms with van der Waals surface area (Å²) >= 11 is 0. The van der Waals surface area contributed by atoms with Crippen LogP contribution in [0.1, 0.15) is 19.0 Å². The standard InChI is InChI=1S/C10H15N7O/c1-10(9(11)18,8-7-13-5-6-14-8)15-3-2-4-16-17-12/h5-7,15H,2-4H2,1H3,(H2,11,18). The molecule has 0 aliphatic carbocycles. The predicted molar refractivity (Wildman–Crippen MR) is 65.2 cm³/mol. The van der Waals surface area contributed by atoms with Crippen molar-refractivity contribution in [2.75, 3.05) is 13.1 Å².